The number of nitrogens with zero attached hydrogens (tertiary/aromatic N) is 2. The molecule has 0 aliphatic rings. The Labute approximate surface area is 124 Å². The van der Waals surface area contributed by atoms with E-state index in [-0.39, 0.29) is 5.02 Å². The van der Waals surface area contributed by atoms with E-state index in [0.29, 0.717) is 6.42 Å². The summed E-state index contributed by atoms with van der Waals surface area (Å²) in [6.07, 6.45) is 1.01. The topological polar surface area (TPSA) is 120 Å². The van der Waals surface area contributed by atoms with Crippen molar-refractivity contribution in [3.8, 4) is 0 Å². The molecule has 0 bridgehead atoms. The summed E-state index contributed by atoms with van der Waals surface area (Å²) in [7, 11) is 0. The Hall–Kier alpha value is -2.22. The normalized spacial score (nSPS) is 13.3. The van der Waals surface area contributed by atoms with Crippen LogP contribution in [0.2, 0.25) is 5.02 Å². The average molecular weight is 317 g/mol. The Kier molecular flexibility index (Phi) is 5.60. The molecule has 0 radical (unpaired) electrons. The van der Waals surface area contributed by atoms with Crippen LogP contribution in [0, 0.1) is 10.1 Å². The fourth-order valence-electron chi connectivity index (χ4n) is 1.49. The molecule has 2 unspecified atom stereocenters. The van der Waals surface area contributed by atoms with Crippen LogP contribution in [-0.4, -0.2) is 33.1 Å². The summed E-state index contributed by atoms with van der Waals surface area (Å²) >= 11 is 5.60. The van der Waals surface area contributed by atoms with Gasteiger partial charge in [-0.25, -0.2) is 0 Å². The molecule has 0 aliphatic heterocycles. The van der Waals surface area contributed by atoms with Crippen LogP contribution in [-0.2, 0) is 14.3 Å². The molecular weight excluding hydrogens is 304 g/mol. The molecule has 1 heterocycles. The van der Waals surface area contributed by atoms with E-state index >= 15 is 0 Å². The molecule has 0 aliphatic carbocycles. The zero-order valence-electron chi connectivity index (χ0n) is 11.3. The number of ether oxygens (including phenoxy) is 1. The van der Waals surface area contributed by atoms with Crippen LogP contribution in [0.15, 0.2) is 12.3 Å². The van der Waals surface area contributed by atoms with Gasteiger partial charge in [-0.2, -0.15) is 0 Å². The average Bonchev–Trinajstić information content (AvgIpc) is 2.39. The predicted molar refractivity (Wildman–Crippen MR) is 72.1 cm³/mol. The molecule has 1 aromatic heterocycles. The number of carbonyl (C=O) groups excluding carboxylic acids is 1. The van der Waals surface area contributed by atoms with Gasteiger partial charge in [0.25, 0.3) is 5.69 Å². The summed E-state index contributed by atoms with van der Waals surface area (Å²) in [4.78, 5) is 36.9. The number of rotatable bonds is 6. The molecule has 1 N–H and O–H groups in total. The first-order valence-electron chi connectivity index (χ1n) is 6.01. The Morgan fingerprint density at radius 3 is 2.67 bits per heavy atom. The fourth-order valence-corrected chi connectivity index (χ4v) is 1.64. The molecule has 9 heteroatoms. The molecule has 0 spiro atoms. The van der Waals surface area contributed by atoms with Gasteiger partial charge in [0.05, 0.1) is 16.0 Å². The zero-order chi connectivity index (χ0) is 16.2. The third kappa shape index (κ3) is 4.12. The van der Waals surface area contributed by atoms with Crippen LogP contribution in [0.3, 0.4) is 0 Å². The van der Waals surface area contributed by atoms with Crippen molar-refractivity contribution < 1.29 is 24.4 Å². The van der Waals surface area contributed by atoms with Gasteiger partial charge in [-0.1, -0.05) is 18.5 Å². The van der Waals surface area contributed by atoms with Crippen LogP contribution in [0.25, 0.3) is 0 Å². The molecule has 0 amide bonds. The second-order valence-corrected chi connectivity index (χ2v) is 4.68. The Morgan fingerprint density at radius 2 is 2.19 bits per heavy atom. The van der Waals surface area contributed by atoms with Gasteiger partial charge >= 0.3 is 11.9 Å². The zero-order valence-corrected chi connectivity index (χ0v) is 12.0. The maximum atomic E-state index is 11.9. The summed E-state index contributed by atoms with van der Waals surface area (Å²) in [6.45, 7) is 3.33. The lowest BCUT2D eigenvalue weighted by molar-refractivity contribution is -0.386. The van der Waals surface area contributed by atoms with Crippen LogP contribution in [0.5, 0.6) is 0 Å². The summed E-state index contributed by atoms with van der Waals surface area (Å²) in [6, 6.07) is 0.941. The Morgan fingerprint density at radius 1 is 1.57 bits per heavy atom. The predicted octanol–water partition coefficient (Wildman–Crippen LogP) is 2.15. The van der Waals surface area contributed by atoms with Crippen LogP contribution in [0.4, 0.5) is 5.69 Å². The number of nitro groups is 1. The maximum Gasteiger partial charge on any atom is 0.327 e. The number of carboxylic acid groups (broad SMARTS) is 1. The number of carbonyl (C=O) groups is 2. The number of halogens is 1. The number of aliphatic carboxylic acids is 1. The first-order chi connectivity index (χ1) is 9.77. The number of hydrogen-bond acceptors (Lipinski definition) is 6. The van der Waals surface area contributed by atoms with E-state index < -0.39 is 40.3 Å². The van der Waals surface area contributed by atoms with Gasteiger partial charge in [-0.15, -0.1) is 0 Å². The highest BCUT2D eigenvalue weighted by Crippen LogP contribution is 2.28. The molecule has 1 rings (SSSR count). The van der Waals surface area contributed by atoms with Gasteiger partial charge in [-0.3, -0.25) is 24.7 Å². The first-order valence-corrected chi connectivity index (χ1v) is 6.38. The van der Waals surface area contributed by atoms with Crippen LogP contribution < -0.4 is 0 Å². The van der Waals surface area contributed by atoms with E-state index in [4.69, 9.17) is 21.4 Å². The van der Waals surface area contributed by atoms with E-state index in [2.05, 4.69) is 4.98 Å². The third-order valence-corrected chi connectivity index (χ3v) is 2.92. The summed E-state index contributed by atoms with van der Waals surface area (Å²) in [5.41, 5.74) is -1.15. The lowest BCUT2D eigenvalue weighted by atomic mass is 10.0. The quantitative estimate of drug-likeness (QED) is 0.369. The van der Waals surface area contributed by atoms with E-state index in [1.54, 1.807) is 13.8 Å². The summed E-state index contributed by atoms with van der Waals surface area (Å²) < 4.78 is 4.93. The monoisotopic (exact) mass is 316 g/mol. The summed E-state index contributed by atoms with van der Waals surface area (Å²) in [5.74, 6) is -4.56. The van der Waals surface area contributed by atoms with E-state index in [0.717, 1.165) is 12.3 Å². The van der Waals surface area contributed by atoms with Crippen molar-refractivity contribution in [1.82, 2.24) is 4.98 Å². The number of hydrogen-bond donors (Lipinski definition) is 1. The molecule has 0 saturated heterocycles. The number of carboxylic acids is 1. The Balaban J connectivity index is 3.27. The molecule has 21 heavy (non-hydrogen) atoms. The minimum Gasteiger partial charge on any atom is -0.480 e. The molecule has 0 aromatic carbocycles. The molecule has 0 fully saturated rings. The first kappa shape index (κ1) is 16.8. The second kappa shape index (κ2) is 6.98. The molecule has 1 aromatic rings. The van der Waals surface area contributed by atoms with Crippen molar-refractivity contribution in [2.24, 2.45) is 0 Å². The van der Waals surface area contributed by atoms with Crippen molar-refractivity contribution in [3.05, 3.63) is 33.1 Å². The van der Waals surface area contributed by atoms with Gasteiger partial charge in [0.1, 0.15) is 5.69 Å². The summed E-state index contributed by atoms with van der Waals surface area (Å²) in [5, 5.41) is 20.1. The maximum absolute atomic E-state index is 11.9. The molecule has 114 valence electrons. The molecular formula is C12H13ClN2O6. The lowest BCUT2D eigenvalue weighted by Crippen LogP contribution is -2.28. The van der Waals surface area contributed by atoms with Gasteiger partial charge < -0.3 is 9.84 Å². The van der Waals surface area contributed by atoms with Gasteiger partial charge in [0.15, 0.2) is 0 Å². The van der Waals surface area contributed by atoms with Crippen molar-refractivity contribution in [2.45, 2.75) is 32.3 Å². The van der Waals surface area contributed by atoms with Gasteiger partial charge in [0, 0.05) is 12.3 Å². The van der Waals surface area contributed by atoms with Crippen molar-refractivity contribution >= 4 is 29.2 Å². The second-order valence-electron chi connectivity index (χ2n) is 4.24. The largest absolute Gasteiger partial charge is 0.480 e. The van der Waals surface area contributed by atoms with E-state index in [9.17, 15) is 19.7 Å². The lowest BCUT2D eigenvalue weighted by Gasteiger charge is -2.15. The van der Waals surface area contributed by atoms with E-state index in [1.165, 1.54) is 0 Å². The third-order valence-electron chi connectivity index (χ3n) is 2.71. The van der Waals surface area contributed by atoms with E-state index in [1.807, 2.05) is 0 Å². The Bertz CT molecular complexity index is 577. The molecule has 8 nitrogen and oxygen atoms in total. The van der Waals surface area contributed by atoms with Crippen LogP contribution >= 0.6 is 11.6 Å². The molecule has 0 saturated carbocycles. The van der Waals surface area contributed by atoms with Crippen molar-refractivity contribution in [3.63, 3.8) is 0 Å². The standard InChI is InChI=1S/C12H13ClN2O6/c1-3-6(2)21-12(18)9(11(16)17)10-8(15(19)20)4-7(13)5-14-10/h4-6,9H,3H2,1-2H3,(H,16,17). The van der Waals surface area contributed by atoms with Gasteiger partial charge in [-0.05, 0) is 13.3 Å². The SMILES string of the molecule is CCC(C)OC(=O)C(C(=O)O)c1ncc(Cl)cc1[N+](=O)[O-]. The number of esters is 1. The molecule has 2 atom stereocenters. The number of aromatic nitrogens is 1. The number of pyridine rings is 1. The minimum absolute atomic E-state index is 0.0371. The van der Waals surface area contributed by atoms with Gasteiger partial charge in [0.2, 0.25) is 5.92 Å². The highest BCUT2D eigenvalue weighted by atomic mass is 35.5. The highest BCUT2D eigenvalue weighted by molar-refractivity contribution is 6.30. The smallest absolute Gasteiger partial charge is 0.327 e. The van der Waals surface area contributed by atoms with Crippen molar-refractivity contribution in [1.29, 1.82) is 0 Å². The fraction of sp³-hybridized carbons (Fsp3) is 0.417. The highest BCUT2D eigenvalue weighted by Gasteiger charge is 2.37. The van der Waals surface area contributed by atoms with Crippen molar-refractivity contribution in [2.75, 3.05) is 0 Å². The minimum atomic E-state index is -1.88. The van der Waals surface area contributed by atoms with Crippen LogP contribution in [0.1, 0.15) is 31.9 Å².